The Hall–Kier alpha value is -3.28. The molecule has 24 heavy (non-hydrogen) atoms. The summed E-state index contributed by atoms with van der Waals surface area (Å²) in [4.78, 5) is 12.1. The number of para-hydroxylation sites is 1. The van der Waals surface area contributed by atoms with Crippen LogP contribution in [0.3, 0.4) is 0 Å². The molecule has 0 aliphatic carbocycles. The third-order valence-electron chi connectivity index (χ3n) is 3.41. The lowest BCUT2D eigenvalue weighted by molar-refractivity contribution is 0.102. The molecule has 3 rings (SSSR count). The van der Waals surface area contributed by atoms with E-state index in [2.05, 4.69) is 20.8 Å². The standard InChI is InChI=1S/C18H15FN4O/c1-12-4-2-3-5-15(12)21-17-11-10-16(22-23-17)18(24)20-14-8-6-13(19)7-9-14/h2-11H,1H3,(H,20,24)(H,21,23). The lowest BCUT2D eigenvalue weighted by Gasteiger charge is -2.08. The predicted molar refractivity (Wildman–Crippen MR) is 90.8 cm³/mol. The Morgan fingerprint density at radius 1 is 0.958 bits per heavy atom. The molecule has 0 unspecified atom stereocenters. The zero-order valence-corrected chi connectivity index (χ0v) is 13.0. The Morgan fingerprint density at radius 3 is 2.38 bits per heavy atom. The molecule has 0 saturated carbocycles. The minimum absolute atomic E-state index is 0.176. The molecule has 0 atom stereocenters. The Balaban J connectivity index is 1.68. The van der Waals surface area contributed by atoms with Gasteiger partial charge in [0.05, 0.1) is 0 Å². The molecule has 0 aliphatic heterocycles. The highest BCUT2D eigenvalue weighted by Crippen LogP contribution is 2.18. The number of carbonyl (C=O) groups excluding carboxylic acids is 1. The van der Waals surface area contributed by atoms with Crippen LogP contribution in [0.15, 0.2) is 60.7 Å². The fourth-order valence-corrected chi connectivity index (χ4v) is 2.10. The van der Waals surface area contributed by atoms with Gasteiger partial charge in [-0.25, -0.2) is 4.39 Å². The van der Waals surface area contributed by atoms with Gasteiger partial charge >= 0.3 is 0 Å². The van der Waals surface area contributed by atoms with Crippen molar-refractivity contribution < 1.29 is 9.18 Å². The average Bonchev–Trinajstić information content (AvgIpc) is 2.59. The van der Waals surface area contributed by atoms with Crippen LogP contribution in [-0.2, 0) is 0 Å². The van der Waals surface area contributed by atoms with E-state index in [1.54, 1.807) is 12.1 Å². The van der Waals surface area contributed by atoms with Crippen molar-refractivity contribution in [1.82, 2.24) is 10.2 Å². The van der Waals surface area contributed by atoms with Gasteiger partial charge in [-0.15, -0.1) is 10.2 Å². The molecule has 0 aliphatic rings. The first-order valence-electron chi connectivity index (χ1n) is 7.35. The summed E-state index contributed by atoms with van der Waals surface area (Å²) in [5.41, 5.74) is 2.67. The lowest BCUT2D eigenvalue weighted by atomic mass is 10.2. The number of hydrogen-bond acceptors (Lipinski definition) is 4. The largest absolute Gasteiger partial charge is 0.339 e. The van der Waals surface area contributed by atoms with E-state index in [1.165, 1.54) is 24.3 Å². The molecule has 1 heterocycles. The summed E-state index contributed by atoms with van der Waals surface area (Å²) < 4.78 is 12.9. The van der Waals surface area contributed by atoms with E-state index in [0.29, 0.717) is 11.5 Å². The van der Waals surface area contributed by atoms with Crippen molar-refractivity contribution in [2.45, 2.75) is 6.92 Å². The van der Waals surface area contributed by atoms with E-state index in [0.717, 1.165) is 11.3 Å². The van der Waals surface area contributed by atoms with Crippen molar-refractivity contribution in [3.05, 3.63) is 77.7 Å². The Kier molecular flexibility index (Phi) is 4.47. The fourth-order valence-electron chi connectivity index (χ4n) is 2.10. The first-order valence-corrected chi connectivity index (χ1v) is 7.35. The highest BCUT2D eigenvalue weighted by Gasteiger charge is 2.09. The van der Waals surface area contributed by atoms with Crippen molar-refractivity contribution >= 4 is 23.1 Å². The molecule has 0 spiro atoms. The first-order chi connectivity index (χ1) is 11.6. The molecule has 0 fully saturated rings. The summed E-state index contributed by atoms with van der Waals surface area (Å²) in [7, 11) is 0. The second-order valence-electron chi connectivity index (χ2n) is 5.20. The molecule has 3 aromatic rings. The smallest absolute Gasteiger partial charge is 0.276 e. The molecule has 0 saturated heterocycles. The maximum Gasteiger partial charge on any atom is 0.276 e. The van der Waals surface area contributed by atoms with Gasteiger partial charge in [-0.1, -0.05) is 18.2 Å². The van der Waals surface area contributed by atoms with Gasteiger partial charge in [0.2, 0.25) is 0 Å². The van der Waals surface area contributed by atoms with Gasteiger partial charge in [0.15, 0.2) is 11.5 Å². The van der Waals surface area contributed by atoms with E-state index >= 15 is 0 Å². The van der Waals surface area contributed by atoms with Crippen LogP contribution in [0, 0.1) is 12.7 Å². The number of benzene rings is 2. The minimum Gasteiger partial charge on any atom is -0.339 e. The molecule has 0 radical (unpaired) electrons. The summed E-state index contributed by atoms with van der Waals surface area (Å²) in [5, 5.41) is 13.7. The summed E-state index contributed by atoms with van der Waals surface area (Å²) in [6.45, 7) is 1.99. The fraction of sp³-hybridized carbons (Fsp3) is 0.0556. The summed E-state index contributed by atoms with van der Waals surface area (Å²) in [6.07, 6.45) is 0. The number of hydrogen-bond donors (Lipinski definition) is 2. The molecule has 6 heteroatoms. The topological polar surface area (TPSA) is 66.9 Å². The molecule has 2 aromatic carbocycles. The van der Waals surface area contributed by atoms with Crippen LogP contribution in [0.1, 0.15) is 16.1 Å². The maximum atomic E-state index is 12.9. The maximum absolute atomic E-state index is 12.9. The number of halogens is 1. The van der Waals surface area contributed by atoms with Gasteiger partial charge in [-0.3, -0.25) is 4.79 Å². The third kappa shape index (κ3) is 3.73. The molecule has 5 nitrogen and oxygen atoms in total. The number of nitrogens with one attached hydrogen (secondary N) is 2. The van der Waals surface area contributed by atoms with Crippen molar-refractivity contribution in [3.8, 4) is 0 Å². The number of rotatable bonds is 4. The van der Waals surface area contributed by atoms with Crippen LogP contribution in [0.2, 0.25) is 0 Å². The van der Waals surface area contributed by atoms with Crippen molar-refractivity contribution in [2.24, 2.45) is 0 Å². The Labute approximate surface area is 138 Å². The van der Waals surface area contributed by atoms with Crippen LogP contribution in [0.5, 0.6) is 0 Å². The number of aromatic nitrogens is 2. The highest BCUT2D eigenvalue weighted by atomic mass is 19.1. The van der Waals surface area contributed by atoms with E-state index in [1.807, 2.05) is 31.2 Å². The van der Waals surface area contributed by atoms with Crippen molar-refractivity contribution in [2.75, 3.05) is 10.6 Å². The molecule has 1 amide bonds. The molecular formula is C18H15FN4O. The van der Waals surface area contributed by atoms with Crippen molar-refractivity contribution in [1.29, 1.82) is 0 Å². The van der Waals surface area contributed by atoms with Crippen LogP contribution in [0.25, 0.3) is 0 Å². The number of nitrogens with zero attached hydrogens (tertiary/aromatic N) is 2. The average molecular weight is 322 g/mol. The Bertz CT molecular complexity index is 848. The summed E-state index contributed by atoms with van der Waals surface area (Å²) >= 11 is 0. The summed E-state index contributed by atoms with van der Waals surface area (Å²) in [5.74, 6) is -0.224. The van der Waals surface area contributed by atoms with E-state index in [-0.39, 0.29) is 11.5 Å². The van der Waals surface area contributed by atoms with Gasteiger partial charge in [0.25, 0.3) is 5.91 Å². The molecule has 0 bridgehead atoms. The van der Waals surface area contributed by atoms with Crippen molar-refractivity contribution in [3.63, 3.8) is 0 Å². The number of amides is 1. The van der Waals surface area contributed by atoms with E-state index in [4.69, 9.17) is 0 Å². The van der Waals surface area contributed by atoms with Gasteiger partial charge in [-0.05, 0) is 55.0 Å². The monoisotopic (exact) mass is 322 g/mol. The van der Waals surface area contributed by atoms with Gasteiger partial charge in [0.1, 0.15) is 5.82 Å². The normalized spacial score (nSPS) is 10.2. The SMILES string of the molecule is Cc1ccccc1Nc1ccc(C(=O)Nc2ccc(F)cc2)nn1. The predicted octanol–water partition coefficient (Wildman–Crippen LogP) is 3.92. The third-order valence-corrected chi connectivity index (χ3v) is 3.41. The molecule has 2 N–H and O–H groups in total. The molecular weight excluding hydrogens is 307 g/mol. The number of aryl methyl sites for hydroxylation is 1. The van der Waals surface area contributed by atoms with Gasteiger partial charge in [-0.2, -0.15) is 0 Å². The van der Waals surface area contributed by atoms with Crippen LogP contribution in [0.4, 0.5) is 21.6 Å². The number of carbonyl (C=O) groups is 1. The number of anilines is 3. The Morgan fingerprint density at radius 2 is 1.71 bits per heavy atom. The first kappa shape index (κ1) is 15.6. The molecule has 120 valence electrons. The summed E-state index contributed by atoms with van der Waals surface area (Å²) in [6, 6.07) is 16.6. The van der Waals surface area contributed by atoms with Crippen LogP contribution in [-0.4, -0.2) is 16.1 Å². The zero-order chi connectivity index (χ0) is 16.9. The molecule has 1 aromatic heterocycles. The second kappa shape index (κ2) is 6.87. The quantitative estimate of drug-likeness (QED) is 0.764. The van der Waals surface area contributed by atoms with Gasteiger partial charge < -0.3 is 10.6 Å². The van der Waals surface area contributed by atoms with Crippen LogP contribution >= 0.6 is 0 Å². The minimum atomic E-state index is -0.406. The van der Waals surface area contributed by atoms with E-state index in [9.17, 15) is 9.18 Å². The second-order valence-corrected chi connectivity index (χ2v) is 5.20. The van der Waals surface area contributed by atoms with Gasteiger partial charge in [0, 0.05) is 11.4 Å². The zero-order valence-electron chi connectivity index (χ0n) is 13.0. The highest BCUT2D eigenvalue weighted by molar-refractivity contribution is 6.02. The van der Waals surface area contributed by atoms with E-state index < -0.39 is 5.91 Å². The van der Waals surface area contributed by atoms with Crippen LogP contribution < -0.4 is 10.6 Å². The lowest BCUT2D eigenvalue weighted by Crippen LogP contribution is -2.14.